The second-order valence-electron chi connectivity index (χ2n) is 5.19. The molecule has 0 aliphatic heterocycles. The van der Waals surface area contributed by atoms with Crippen LogP contribution in [0, 0.1) is 0 Å². The van der Waals surface area contributed by atoms with Crippen molar-refractivity contribution in [1.82, 2.24) is 4.98 Å². The zero-order chi connectivity index (χ0) is 13.8. The topological polar surface area (TPSA) is 34.2 Å². The van der Waals surface area contributed by atoms with Crippen LogP contribution >= 0.6 is 0 Å². The van der Waals surface area contributed by atoms with E-state index < -0.39 is 0 Å². The lowest BCUT2D eigenvalue weighted by Gasteiger charge is -2.17. The van der Waals surface area contributed by atoms with Gasteiger partial charge in [0.25, 0.3) is 0 Å². The first-order valence-electron chi connectivity index (χ1n) is 7.23. The van der Waals surface area contributed by atoms with E-state index >= 15 is 0 Å². The van der Waals surface area contributed by atoms with Crippen molar-refractivity contribution in [3.05, 3.63) is 53.2 Å². The Morgan fingerprint density at radius 2 is 2.00 bits per heavy atom. The summed E-state index contributed by atoms with van der Waals surface area (Å²) in [4.78, 5) is 4.29. The van der Waals surface area contributed by atoms with Crippen LogP contribution < -0.4 is 10.1 Å². The number of anilines is 1. The van der Waals surface area contributed by atoms with E-state index in [2.05, 4.69) is 28.5 Å². The number of aryl methyl sites for hydroxylation is 2. The van der Waals surface area contributed by atoms with Gasteiger partial charge in [0.15, 0.2) is 0 Å². The smallest absolute Gasteiger partial charge is 0.132 e. The summed E-state index contributed by atoms with van der Waals surface area (Å²) < 4.78 is 5.92. The summed E-state index contributed by atoms with van der Waals surface area (Å²) in [5, 5.41) is 3.09. The van der Waals surface area contributed by atoms with Gasteiger partial charge in [0.2, 0.25) is 0 Å². The molecule has 0 saturated heterocycles. The highest BCUT2D eigenvalue weighted by atomic mass is 16.5. The SMILES string of the molecule is CNc1ncccc1COc1ccc2c(c1)CCCC2. The lowest BCUT2D eigenvalue weighted by Crippen LogP contribution is -2.05. The fraction of sp³-hybridized carbons (Fsp3) is 0.353. The zero-order valence-corrected chi connectivity index (χ0v) is 11.9. The van der Waals surface area contributed by atoms with E-state index in [0.717, 1.165) is 17.1 Å². The van der Waals surface area contributed by atoms with Crippen molar-refractivity contribution >= 4 is 5.82 Å². The van der Waals surface area contributed by atoms with Crippen molar-refractivity contribution in [3.8, 4) is 5.75 Å². The third kappa shape index (κ3) is 2.77. The predicted molar refractivity (Wildman–Crippen MR) is 81.2 cm³/mol. The van der Waals surface area contributed by atoms with Crippen molar-refractivity contribution in [3.63, 3.8) is 0 Å². The van der Waals surface area contributed by atoms with E-state index in [0.29, 0.717) is 6.61 Å². The molecular formula is C17H20N2O. The molecule has 0 amide bonds. The van der Waals surface area contributed by atoms with Crippen LogP contribution in [0.2, 0.25) is 0 Å². The molecule has 3 nitrogen and oxygen atoms in total. The molecule has 1 aromatic carbocycles. The molecule has 104 valence electrons. The molecule has 1 N–H and O–H groups in total. The number of ether oxygens (including phenoxy) is 1. The van der Waals surface area contributed by atoms with Gasteiger partial charge in [-0.1, -0.05) is 12.1 Å². The number of benzene rings is 1. The Balaban J connectivity index is 1.72. The van der Waals surface area contributed by atoms with Crippen LogP contribution in [0.1, 0.15) is 29.5 Å². The number of aromatic nitrogens is 1. The second-order valence-corrected chi connectivity index (χ2v) is 5.19. The summed E-state index contributed by atoms with van der Waals surface area (Å²) >= 11 is 0. The number of hydrogen-bond donors (Lipinski definition) is 1. The van der Waals surface area contributed by atoms with Gasteiger partial charge in [-0.25, -0.2) is 4.98 Å². The maximum Gasteiger partial charge on any atom is 0.132 e. The fourth-order valence-electron chi connectivity index (χ4n) is 2.74. The number of rotatable bonds is 4. The molecular weight excluding hydrogens is 248 g/mol. The molecule has 0 saturated carbocycles. The van der Waals surface area contributed by atoms with Gasteiger partial charge in [0.1, 0.15) is 18.2 Å². The maximum absolute atomic E-state index is 5.92. The van der Waals surface area contributed by atoms with Crippen molar-refractivity contribution in [2.75, 3.05) is 12.4 Å². The summed E-state index contributed by atoms with van der Waals surface area (Å²) in [6.45, 7) is 0.544. The molecule has 0 atom stereocenters. The molecule has 20 heavy (non-hydrogen) atoms. The maximum atomic E-state index is 5.92. The highest BCUT2D eigenvalue weighted by molar-refractivity contribution is 5.43. The Kier molecular flexibility index (Phi) is 3.86. The van der Waals surface area contributed by atoms with E-state index in [4.69, 9.17) is 4.74 Å². The lowest BCUT2D eigenvalue weighted by molar-refractivity contribution is 0.306. The van der Waals surface area contributed by atoms with Gasteiger partial charge in [-0.3, -0.25) is 0 Å². The van der Waals surface area contributed by atoms with Crippen molar-refractivity contribution < 1.29 is 4.74 Å². The summed E-state index contributed by atoms with van der Waals surface area (Å²) in [6, 6.07) is 10.5. The van der Waals surface area contributed by atoms with E-state index in [-0.39, 0.29) is 0 Å². The minimum atomic E-state index is 0.544. The third-order valence-corrected chi connectivity index (χ3v) is 3.84. The average molecular weight is 268 g/mol. The molecule has 1 aromatic heterocycles. The van der Waals surface area contributed by atoms with Crippen LogP contribution in [0.4, 0.5) is 5.82 Å². The van der Waals surface area contributed by atoms with Gasteiger partial charge in [-0.15, -0.1) is 0 Å². The van der Waals surface area contributed by atoms with Gasteiger partial charge in [-0.05, 0) is 55.0 Å². The van der Waals surface area contributed by atoms with E-state index in [1.807, 2.05) is 19.2 Å². The molecule has 0 unspecified atom stereocenters. The lowest BCUT2D eigenvalue weighted by atomic mass is 9.92. The standard InChI is InChI=1S/C17H20N2O/c1-18-17-15(7-4-10-19-17)12-20-16-9-8-13-5-2-3-6-14(13)11-16/h4,7-11H,2-3,5-6,12H2,1H3,(H,18,19). The summed E-state index contributed by atoms with van der Waals surface area (Å²) in [7, 11) is 1.88. The minimum absolute atomic E-state index is 0.544. The summed E-state index contributed by atoms with van der Waals surface area (Å²) in [6.07, 6.45) is 6.79. The van der Waals surface area contributed by atoms with Crippen molar-refractivity contribution in [2.24, 2.45) is 0 Å². The highest BCUT2D eigenvalue weighted by Crippen LogP contribution is 2.26. The summed E-state index contributed by atoms with van der Waals surface area (Å²) in [5.74, 6) is 1.84. The predicted octanol–water partition coefficient (Wildman–Crippen LogP) is 3.58. The normalized spacial score (nSPS) is 13.7. The van der Waals surface area contributed by atoms with Crippen molar-refractivity contribution in [1.29, 1.82) is 0 Å². The van der Waals surface area contributed by atoms with E-state index in [1.165, 1.54) is 36.8 Å². The largest absolute Gasteiger partial charge is 0.489 e. The zero-order valence-electron chi connectivity index (χ0n) is 11.9. The molecule has 0 bridgehead atoms. The van der Waals surface area contributed by atoms with Crippen LogP contribution in [0.3, 0.4) is 0 Å². The minimum Gasteiger partial charge on any atom is -0.489 e. The molecule has 0 fully saturated rings. The Morgan fingerprint density at radius 1 is 1.15 bits per heavy atom. The quantitative estimate of drug-likeness (QED) is 0.920. The van der Waals surface area contributed by atoms with Crippen LogP contribution in [-0.2, 0) is 19.4 Å². The first kappa shape index (κ1) is 13.0. The van der Waals surface area contributed by atoms with Crippen LogP contribution in [0.5, 0.6) is 5.75 Å². The second kappa shape index (κ2) is 5.95. The number of nitrogens with zero attached hydrogens (tertiary/aromatic N) is 1. The number of nitrogens with one attached hydrogen (secondary N) is 1. The molecule has 1 heterocycles. The monoisotopic (exact) mass is 268 g/mol. The average Bonchev–Trinajstić information content (AvgIpc) is 2.53. The van der Waals surface area contributed by atoms with Crippen LogP contribution in [0.25, 0.3) is 0 Å². The molecule has 0 spiro atoms. The fourth-order valence-corrected chi connectivity index (χ4v) is 2.74. The third-order valence-electron chi connectivity index (χ3n) is 3.84. The molecule has 0 radical (unpaired) electrons. The number of hydrogen-bond acceptors (Lipinski definition) is 3. The van der Waals surface area contributed by atoms with Gasteiger partial charge in [0.05, 0.1) is 0 Å². The van der Waals surface area contributed by atoms with Crippen LogP contribution in [-0.4, -0.2) is 12.0 Å². The molecule has 3 heteroatoms. The molecule has 1 aliphatic carbocycles. The number of fused-ring (bicyclic) bond motifs is 1. The first-order chi connectivity index (χ1) is 9.86. The van der Waals surface area contributed by atoms with E-state index in [1.54, 1.807) is 6.20 Å². The van der Waals surface area contributed by atoms with Crippen molar-refractivity contribution in [2.45, 2.75) is 32.3 Å². The van der Waals surface area contributed by atoms with Gasteiger partial charge < -0.3 is 10.1 Å². The first-order valence-corrected chi connectivity index (χ1v) is 7.23. The Bertz CT molecular complexity index is 595. The van der Waals surface area contributed by atoms with Gasteiger partial charge in [0, 0.05) is 18.8 Å². The Labute approximate surface area is 120 Å². The van der Waals surface area contributed by atoms with E-state index in [9.17, 15) is 0 Å². The molecule has 2 aromatic rings. The molecule has 3 rings (SSSR count). The summed E-state index contributed by atoms with van der Waals surface area (Å²) in [5.41, 5.74) is 4.02. The van der Waals surface area contributed by atoms with Gasteiger partial charge >= 0.3 is 0 Å². The highest BCUT2D eigenvalue weighted by Gasteiger charge is 2.10. The Hall–Kier alpha value is -2.03. The molecule has 1 aliphatic rings. The number of pyridine rings is 1. The Morgan fingerprint density at radius 3 is 2.85 bits per heavy atom. The van der Waals surface area contributed by atoms with Gasteiger partial charge in [-0.2, -0.15) is 0 Å². The van der Waals surface area contributed by atoms with Crippen LogP contribution in [0.15, 0.2) is 36.5 Å².